The maximum atomic E-state index is 12.4. The summed E-state index contributed by atoms with van der Waals surface area (Å²) >= 11 is 0. The lowest BCUT2D eigenvalue weighted by molar-refractivity contribution is 0.0949. The van der Waals surface area contributed by atoms with Gasteiger partial charge in [-0.3, -0.25) is 24.4 Å². The molecule has 0 bridgehead atoms. The van der Waals surface area contributed by atoms with Gasteiger partial charge in [0.25, 0.3) is 11.8 Å². The number of ketones is 1. The Morgan fingerprint density at radius 2 is 1.71 bits per heavy atom. The van der Waals surface area contributed by atoms with Crippen molar-refractivity contribution in [1.82, 2.24) is 15.3 Å². The molecular weight excluding hydrogens is 356 g/mol. The third-order valence-electron chi connectivity index (χ3n) is 3.94. The minimum absolute atomic E-state index is 0.0960. The van der Waals surface area contributed by atoms with E-state index in [2.05, 4.69) is 20.6 Å². The number of hydrogen-bond acceptors (Lipinski definition) is 5. The third-order valence-corrected chi connectivity index (χ3v) is 3.94. The topological polar surface area (TPSA) is 101 Å². The molecule has 0 atom stereocenters. The molecule has 2 aromatic heterocycles. The molecule has 7 nitrogen and oxygen atoms in total. The van der Waals surface area contributed by atoms with Crippen molar-refractivity contribution in [3.05, 3.63) is 89.5 Å². The molecule has 3 rings (SSSR count). The summed E-state index contributed by atoms with van der Waals surface area (Å²) in [5, 5.41) is 5.43. The molecule has 7 heteroatoms. The number of carbonyl (C=O) groups is 3. The van der Waals surface area contributed by atoms with Crippen LogP contribution in [0.25, 0.3) is 0 Å². The first-order chi connectivity index (χ1) is 13.5. The van der Waals surface area contributed by atoms with E-state index >= 15 is 0 Å². The van der Waals surface area contributed by atoms with Gasteiger partial charge < -0.3 is 10.6 Å². The van der Waals surface area contributed by atoms with Gasteiger partial charge in [-0.25, -0.2) is 0 Å². The van der Waals surface area contributed by atoms with Crippen molar-refractivity contribution >= 4 is 23.3 Å². The number of benzene rings is 1. The normalized spacial score (nSPS) is 10.2. The molecule has 2 N–H and O–H groups in total. The molecule has 1 aromatic carbocycles. The lowest BCUT2D eigenvalue weighted by atomic mass is 10.1. The average molecular weight is 374 g/mol. The van der Waals surface area contributed by atoms with Gasteiger partial charge in [0.1, 0.15) is 5.69 Å². The Morgan fingerprint density at radius 1 is 0.857 bits per heavy atom. The molecule has 140 valence electrons. The maximum absolute atomic E-state index is 12.4. The van der Waals surface area contributed by atoms with Crippen LogP contribution in [0.15, 0.2) is 67.0 Å². The minimum atomic E-state index is -0.472. The van der Waals surface area contributed by atoms with Gasteiger partial charge in [-0.1, -0.05) is 18.2 Å². The second-order valence-corrected chi connectivity index (χ2v) is 6.02. The number of nitrogens with one attached hydrogen (secondary N) is 2. The number of pyridine rings is 2. The highest BCUT2D eigenvalue weighted by Gasteiger charge is 2.13. The first kappa shape index (κ1) is 18.9. The van der Waals surface area contributed by atoms with Gasteiger partial charge in [-0.2, -0.15) is 0 Å². The monoisotopic (exact) mass is 374 g/mol. The highest BCUT2D eigenvalue weighted by molar-refractivity contribution is 6.05. The number of hydrogen-bond donors (Lipinski definition) is 2. The number of anilines is 1. The Morgan fingerprint density at radius 3 is 2.46 bits per heavy atom. The van der Waals surface area contributed by atoms with Crippen molar-refractivity contribution < 1.29 is 14.4 Å². The number of Topliss-reactive ketones (excluding diaryl/α,β-unsaturated/α-hetero) is 1. The summed E-state index contributed by atoms with van der Waals surface area (Å²) in [6, 6.07) is 15.0. The molecule has 0 aliphatic carbocycles. The van der Waals surface area contributed by atoms with Crippen LogP contribution >= 0.6 is 0 Å². The average Bonchev–Trinajstić information content (AvgIpc) is 2.73. The second-order valence-electron chi connectivity index (χ2n) is 6.02. The first-order valence-electron chi connectivity index (χ1n) is 8.59. The molecule has 0 saturated heterocycles. The highest BCUT2D eigenvalue weighted by atomic mass is 16.2. The van der Waals surface area contributed by atoms with E-state index in [9.17, 15) is 14.4 Å². The first-order valence-corrected chi connectivity index (χ1v) is 8.59. The van der Waals surface area contributed by atoms with Crippen molar-refractivity contribution in [3.63, 3.8) is 0 Å². The molecule has 0 fully saturated rings. The van der Waals surface area contributed by atoms with Crippen molar-refractivity contribution in [2.45, 2.75) is 13.5 Å². The summed E-state index contributed by atoms with van der Waals surface area (Å²) < 4.78 is 0. The van der Waals surface area contributed by atoms with Crippen molar-refractivity contribution in [1.29, 1.82) is 0 Å². The summed E-state index contributed by atoms with van der Waals surface area (Å²) in [4.78, 5) is 44.4. The van der Waals surface area contributed by atoms with E-state index in [1.165, 1.54) is 25.3 Å². The van der Waals surface area contributed by atoms with E-state index in [1.54, 1.807) is 42.6 Å². The summed E-state index contributed by atoms with van der Waals surface area (Å²) in [5.41, 5.74) is 2.11. The summed E-state index contributed by atoms with van der Waals surface area (Å²) in [6.45, 7) is 1.73. The van der Waals surface area contributed by atoms with Crippen LogP contribution in [-0.4, -0.2) is 27.6 Å². The van der Waals surface area contributed by atoms with E-state index in [4.69, 9.17) is 0 Å². The number of nitrogens with zero attached hydrogens (tertiary/aromatic N) is 2. The molecule has 0 spiro atoms. The van der Waals surface area contributed by atoms with Gasteiger partial charge in [0.05, 0.1) is 12.2 Å². The molecule has 0 saturated carbocycles. The number of amides is 2. The fraction of sp³-hybridized carbons (Fsp3) is 0.0952. The largest absolute Gasteiger partial charge is 0.346 e. The molecule has 0 unspecified atom stereocenters. The molecule has 2 heterocycles. The maximum Gasteiger partial charge on any atom is 0.274 e. The van der Waals surface area contributed by atoms with E-state index in [0.717, 1.165) is 5.69 Å². The van der Waals surface area contributed by atoms with Crippen LogP contribution in [0.3, 0.4) is 0 Å². The van der Waals surface area contributed by atoms with Crippen LogP contribution in [-0.2, 0) is 6.54 Å². The van der Waals surface area contributed by atoms with Gasteiger partial charge in [-0.05, 0) is 43.3 Å². The Balaban J connectivity index is 1.68. The molecule has 3 aromatic rings. The van der Waals surface area contributed by atoms with Gasteiger partial charge in [-0.15, -0.1) is 0 Å². The molecule has 0 radical (unpaired) electrons. The fourth-order valence-electron chi connectivity index (χ4n) is 2.48. The zero-order valence-electron chi connectivity index (χ0n) is 15.2. The third kappa shape index (κ3) is 4.85. The quantitative estimate of drug-likeness (QED) is 0.646. The van der Waals surface area contributed by atoms with E-state index in [1.807, 2.05) is 6.07 Å². The minimum Gasteiger partial charge on any atom is -0.346 e. The zero-order valence-corrected chi connectivity index (χ0v) is 15.2. The van der Waals surface area contributed by atoms with Crippen molar-refractivity contribution in [2.75, 3.05) is 5.32 Å². The zero-order chi connectivity index (χ0) is 19.9. The molecule has 0 aliphatic rings. The molecule has 0 aliphatic heterocycles. The molecule has 2 amide bonds. The Hall–Kier alpha value is -3.87. The van der Waals surface area contributed by atoms with E-state index in [-0.39, 0.29) is 23.9 Å². The Bertz CT molecular complexity index is 1020. The Kier molecular flexibility index (Phi) is 5.86. The number of carbonyl (C=O) groups excluding carboxylic acids is 3. The van der Waals surface area contributed by atoms with Crippen LogP contribution in [0, 0.1) is 0 Å². The van der Waals surface area contributed by atoms with Crippen LogP contribution in [0.2, 0.25) is 0 Å². The number of rotatable bonds is 6. The predicted molar refractivity (Wildman–Crippen MR) is 104 cm³/mol. The Labute approximate surface area is 161 Å². The molecule has 28 heavy (non-hydrogen) atoms. The fourth-order valence-corrected chi connectivity index (χ4v) is 2.48. The predicted octanol–water partition coefficient (Wildman–Crippen LogP) is 2.86. The highest BCUT2D eigenvalue weighted by Crippen LogP contribution is 2.13. The van der Waals surface area contributed by atoms with Crippen LogP contribution in [0.4, 0.5) is 5.69 Å². The van der Waals surface area contributed by atoms with E-state index < -0.39 is 5.91 Å². The van der Waals surface area contributed by atoms with Crippen LogP contribution < -0.4 is 10.6 Å². The van der Waals surface area contributed by atoms with Gasteiger partial charge in [0.2, 0.25) is 0 Å². The van der Waals surface area contributed by atoms with Gasteiger partial charge in [0.15, 0.2) is 5.78 Å². The van der Waals surface area contributed by atoms with Crippen LogP contribution in [0.1, 0.15) is 43.8 Å². The second kappa shape index (κ2) is 8.68. The van der Waals surface area contributed by atoms with Crippen LogP contribution in [0.5, 0.6) is 0 Å². The van der Waals surface area contributed by atoms with Gasteiger partial charge >= 0.3 is 0 Å². The molecular formula is C21H18N4O3. The standard InChI is InChI=1S/C21H18N4O3/c1-14(26)15-5-4-7-17(11-15)25-21(28)19-12-16(8-10-23-19)20(27)24-13-18-6-2-3-9-22-18/h2-12H,13H2,1H3,(H,24,27)(H,25,28). The summed E-state index contributed by atoms with van der Waals surface area (Å²) in [6.07, 6.45) is 3.05. The van der Waals surface area contributed by atoms with Gasteiger partial charge in [0, 0.05) is 29.2 Å². The van der Waals surface area contributed by atoms with Crippen molar-refractivity contribution in [3.8, 4) is 0 Å². The SMILES string of the molecule is CC(=O)c1cccc(NC(=O)c2cc(C(=O)NCc3ccccn3)ccn2)c1. The van der Waals surface area contributed by atoms with Crippen molar-refractivity contribution in [2.24, 2.45) is 0 Å². The lowest BCUT2D eigenvalue weighted by Crippen LogP contribution is -2.24. The summed E-state index contributed by atoms with van der Waals surface area (Å²) in [7, 11) is 0. The van der Waals surface area contributed by atoms with E-state index in [0.29, 0.717) is 16.8 Å². The lowest BCUT2D eigenvalue weighted by Gasteiger charge is -2.08. The summed E-state index contributed by atoms with van der Waals surface area (Å²) in [5.74, 6) is -0.901. The smallest absolute Gasteiger partial charge is 0.274 e. The number of aromatic nitrogens is 2.